The number of hydrogen-bond acceptors (Lipinski definition) is 2. The van der Waals surface area contributed by atoms with Crippen LogP contribution in [0.25, 0.3) is 0 Å². The van der Waals surface area contributed by atoms with Gasteiger partial charge in [0.2, 0.25) is 0 Å². The predicted molar refractivity (Wildman–Crippen MR) is 64.9 cm³/mol. The standard InChI is InChI=1S/C13H27NO/c1-4-13(5-2,10-14)15-12-8-6-7-11(3)9-12/h11-12H,4-10,14H2,1-3H3. The zero-order chi connectivity index (χ0) is 11.3. The Kier molecular flexibility index (Phi) is 5.07. The third kappa shape index (κ3) is 3.46. The first-order valence-electron chi connectivity index (χ1n) is 6.53. The second-order valence-electron chi connectivity index (χ2n) is 5.11. The highest BCUT2D eigenvalue weighted by molar-refractivity contribution is 4.82. The molecule has 0 bridgehead atoms. The van der Waals surface area contributed by atoms with Crippen molar-refractivity contribution >= 4 is 0 Å². The highest BCUT2D eigenvalue weighted by Crippen LogP contribution is 2.31. The fourth-order valence-electron chi connectivity index (χ4n) is 2.59. The molecule has 2 N–H and O–H groups in total. The monoisotopic (exact) mass is 213 g/mol. The average molecular weight is 213 g/mol. The van der Waals surface area contributed by atoms with Gasteiger partial charge in [-0.1, -0.05) is 33.6 Å². The van der Waals surface area contributed by atoms with Crippen molar-refractivity contribution in [3.8, 4) is 0 Å². The fourth-order valence-corrected chi connectivity index (χ4v) is 2.59. The third-order valence-electron chi connectivity index (χ3n) is 3.97. The van der Waals surface area contributed by atoms with E-state index in [-0.39, 0.29) is 5.60 Å². The molecule has 0 saturated heterocycles. The summed E-state index contributed by atoms with van der Waals surface area (Å²) >= 11 is 0. The van der Waals surface area contributed by atoms with Gasteiger partial charge in [-0.05, 0) is 31.6 Å². The molecule has 90 valence electrons. The summed E-state index contributed by atoms with van der Waals surface area (Å²) < 4.78 is 6.27. The number of ether oxygens (including phenoxy) is 1. The lowest BCUT2D eigenvalue weighted by Crippen LogP contribution is -2.43. The molecular formula is C13H27NO. The van der Waals surface area contributed by atoms with Crippen LogP contribution < -0.4 is 5.73 Å². The van der Waals surface area contributed by atoms with E-state index in [1.54, 1.807) is 0 Å². The molecular weight excluding hydrogens is 186 g/mol. The normalized spacial score (nSPS) is 28.0. The van der Waals surface area contributed by atoms with Crippen molar-refractivity contribution in [1.29, 1.82) is 0 Å². The first kappa shape index (κ1) is 13.0. The lowest BCUT2D eigenvalue weighted by molar-refractivity contribution is -0.110. The Hall–Kier alpha value is -0.0800. The van der Waals surface area contributed by atoms with E-state index in [1.807, 2.05) is 0 Å². The van der Waals surface area contributed by atoms with Crippen LogP contribution in [0.1, 0.15) is 59.3 Å². The van der Waals surface area contributed by atoms with Crippen LogP contribution in [0, 0.1) is 5.92 Å². The fraction of sp³-hybridized carbons (Fsp3) is 1.00. The van der Waals surface area contributed by atoms with Crippen LogP contribution in [0.2, 0.25) is 0 Å². The zero-order valence-corrected chi connectivity index (χ0v) is 10.6. The van der Waals surface area contributed by atoms with E-state index < -0.39 is 0 Å². The minimum absolute atomic E-state index is 0.0538. The number of hydrogen-bond donors (Lipinski definition) is 1. The van der Waals surface area contributed by atoms with Crippen LogP contribution in [0.5, 0.6) is 0 Å². The summed E-state index contributed by atoms with van der Waals surface area (Å²) in [7, 11) is 0. The summed E-state index contributed by atoms with van der Waals surface area (Å²) in [6.45, 7) is 7.35. The van der Waals surface area contributed by atoms with Crippen LogP contribution in [0.4, 0.5) is 0 Å². The van der Waals surface area contributed by atoms with Crippen molar-refractivity contribution in [3.05, 3.63) is 0 Å². The lowest BCUT2D eigenvalue weighted by atomic mass is 9.87. The minimum Gasteiger partial charge on any atom is -0.370 e. The Morgan fingerprint density at radius 3 is 2.40 bits per heavy atom. The third-order valence-corrected chi connectivity index (χ3v) is 3.97. The molecule has 1 aliphatic carbocycles. The molecule has 2 heteroatoms. The molecule has 2 atom stereocenters. The predicted octanol–water partition coefficient (Wildman–Crippen LogP) is 3.10. The van der Waals surface area contributed by atoms with Gasteiger partial charge >= 0.3 is 0 Å². The molecule has 15 heavy (non-hydrogen) atoms. The minimum atomic E-state index is -0.0538. The van der Waals surface area contributed by atoms with Crippen LogP contribution in [0.3, 0.4) is 0 Å². The van der Waals surface area contributed by atoms with E-state index in [0.717, 1.165) is 18.8 Å². The van der Waals surface area contributed by atoms with Crippen LogP contribution in [-0.4, -0.2) is 18.2 Å². The SMILES string of the molecule is CCC(CC)(CN)OC1CCCC(C)C1. The Balaban J connectivity index is 2.49. The van der Waals surface area contributed by atoms with Gasteiger partial charge in [-0.2, -0.15) is 0 Å². The van der Waals surface area contributed by atoms with Crippen molar-refractivity contribution in [2.75, 3.05) is 6.54 Å². The largest absolute Gasteiger partial charge is 0.370 e. The van der Waals surface area contributed by atoms with E-state index in [9.17, 15) is 0 Å². The molecule has 2 nitrogen and oxygen atoms in total. The summed E-state index contributed by atoms with van der Waals surface area (Å²) in [6.07, 6.45) is 7.66. The molecule has 0 aromatic heterocycles. The topological polar surface area (TPSA) is 35.2 Å². The van der Waals surface area contributed by atoms with Gasteiger partial charge in [0.15, 0.2) is 0 Å². The smallest absolute Gasteiger partial charge is 0.0802 e. The van der Waals surface area contributed by atoms with Crippen molar-refractivity contribution in [2.24, 2.45) is 11.7 Å². The summed E-state index contributed by atoms with van der Waals surface area (Å²) in [5.41, 5.74) is 5.80. The van der Waals surface area contributed by atoms with Crippen molar-refractivity contribution in [1.82, 2.24) is 0 Å². The van der Waals surface area contributed by atoms with Gasteiger partial charge in [0.05, 0.1) is 11.7 Å². The molecule has 1 rings (SSSR count). The molecule has 0 amide bonds. The molecule has 1 fully saturated rings. The van der Waals surface area contributed by atoms with Gasteiger partial charge in [-0.3, -0.25) is 0 Å². The Labute approximate surface area is 94.6 Å². The van der Waals surface area contributed by atoms with Gasteiger partial charge in [0, 0.05) is 6.54 Å². The van der Waals surface area contributed by atoms with E-state index in [0.29, 0.717) is 12.6 Å². The summed E-state index contributed by atoms with van der Waals surface area (Å²) in [4.78, 5) is 0. The second kappa shape index (κ2) is 5.86. The number of rotatable bonds is 5. The zero-order valence-electron chi connectivity index (χ0n) is 10.6. The molecule has 0 aromatic rings. The van der Waals surface area contributed by atoms with E-state index >= 15 is 0 Å². The number of nitrogens with two attached hydrogens (primary N) is 1. The highest BCUT2D eigenvalue weighted by Gasteiger charge is 2.30. The Bertz CT molecular complexity index is 169. The van der Waals surface area contributed by atoms with Crippen LogP contribution in [-0.2, 0) is 4.74 Å². The quantitative estimate of drug-likeness (QED) is 0.761. The molecule has 2 unspecified atom stereocenters. The van der Waals surface area contributed by atoms with Gasteiger partial charge in [0.25, 0.3) is 0 Å². The maximum absolute atomic E-state index is 6.27. The molecule has 1 aliphatic rings. The first-order chi connectivity index (χ1) is 7.15. The lowest BCUT2D eigenvalue weighted by Gasteiger charge is -2.37. The molecule has 0 aromatic carbocycles. The van der Waals surface area contributed by atoms with Gasteiger partial charge in [0.1, 0.15) is 0 Å². The van der Waals surface area contributed by atoms with Crippen molar-refractivity contribution in [3.63, 3.8) is 0 Å². The van der Waals surface area contributed by atoms with Crippen LogP contribution in [0.15, 0.2) is 0 Å². The van der Waals surface area contributed by atoms with E-state index in [1.165, 1.54) is 25.7 Å². The maximum atomic E-state index is 6.27. The van der Waals surface area contributed by atoms with Crippen LogP contribution >= 0.6 is 0 Å². The second-order valence-corrected chi connectivity index (χ2v) is 5.11. The Morgan fingerprint density at radius 1 is 1.27 bits per heavy atom. The first-order valence-corrected chi connectivity index (χ1v) is 6.53. The summed E-state index contributed by atoms with van der Waals surface area (Å²) in [5.74, 6) is 0.827. The van der Waals surface area contributed by atoms with E-state index in [2.05, 4.69) is 20.8 Å². The van der Waals surface area contributed by atoms with Gasteiger partial charge in [-0.15, -0.1) is 0 Å². The van der Waals surface area contributed by atoms with Crippen molar-refractivity contribution < 1.29 is 4.74 Å². The summed E-state index contributed by atoms with van der Waals surface area (Å²) in [5, 5.41) is 0. The summed E-state index contributed by atoms with van der Waals surface area (Å²) in [6, 6.07) is 0. The van der Waals surface area contributed by atoms with Gasteiger partial charge < -0.3 is 10.5 Å². The van der Waals surface area contributed by atoms with Crippen molar-refractivity contribution in [2.45, 2.75) is 71.0 Å². The Morgan fingerprint density at radius 2 is 1.93 bits per heavy atom. The average Bonchev–Trinajstić information content (AvgIpc) is 2.26. The molecule has 0 spiro atoms. The molecule has 1 saturated carbocycles. The molecule has 0 aliphatic heterocycles. The van der Waals surface area contributed by atoms with E-state index in [4.69, 9.17) is 10.5 Å². The maximum Gasteiger partial charge on any atom is 0.0802 e. The highest BCUT2D eigenvalue weighted by atomic mass is 16.5. The molecule has 0 radical (unpaired) electrons. The van der Waals surface area contributed by atoms with Gasteiger partial charge in [-0.25, -0.2) is 0 Å². The molecule has 0 heterocycles.